The lowest BCUT2D eigenvalue weighted by Gasteiger charge is -2.38. The Labute approximate surface area is 267 Å². The molecular weight excluding hydrogens is 608 g/mol. The van der Waals surface area contributed by atoms with Gasteiger partial charge in [0.15, 0.2) is 6.10 Å². The van der Waals surface area contributed by atoms with Gasteiger partial charge >= 0.3 is 11.9 Å². The number of ketones is 1. The van der Waals surface area contributed by atoms with Gasteiger partial charge in [0.05, 0.1) is 24.3 Å². The molecule has 2 rings (SSSR count). The molecular formula is C31H46N2O13. The standard InChI is InChI=1S/C31H46N2O13/c1-30(2,3)20(34)10-13-43-14-11-21(35)32-12-9-22(36)33-18-15-17(16-44-29(42)31(4,5)6)7-8-19(18)45-28-25(39)23(37)24(38)26(46-28)27(40)41/h7-8,15,23-26,28,37-39H,9-14,16H2,1-6H3,(H,32,35)(H,33,36)(H,40,41)/t23-,24-,25+,26-,28+/m0/s1. The maximum atomic E-state index is 12.8. The van der Waals surface area contributed by atoms with E-state index in [1.54, 1.807) is 20.8 Å². The van der Waals surface area contributed by atoms with Crippen molar-refractivity contribution in [1.29, 1.82) is 0 Å². The summed E-state index contributed by atoms with van der Waals surface area (Å²) in [5.74, 6) is -3.03. The Hall–Kier alpha value is -3.63. The van der Waals surface area contributed by atoms with Crippen molar-refractivity contribution >= 4 is 35.2 Å². The fraction of sp³-hybridized carbons (Fsp3) is 0.645. The van der Waals surface area contributed by atoms with E-state index in [0.29, 0.717) is 5.56 Å². The lowest BCUT2D eigenvalue weighted by atomic mass is 9.89. The van der Waals surface area contributed by atoms with Crippen molar-refractivity contribution in [2.45, 2.75) is 98.1 Å². The Morgan fingerprint density at radius 1 is 0.848 bits per heavy atom. The van der Waals surface area contributed by atoms with Gasteiger partial charge in [-0.25, -0.2) is 4.79 Å². The molecule has 1 saturated heterocycles. The van der Waals surface area contributed by atoms with Crippen molar-refractivity contribution in [2.24, 2.45) is 10.8 Å². The normalized spacial score (nSPS) is 21.6. The summed E-state index contributed by atoms with van der Waals surface area (Å²) in [5, 5.41) is 45.0. The molecule has 0 unspecified atom stereocenters. The Bertz CT molecular complexity index is 1240. The topological polar surface area (TPSA) is 227 Å². The van der Waals surface area contributed by atoms with E-state index in [1.807, 2.05) is 20.8 Å². The fourth-order valence-corrected chi connectivity index (χ4v) is 3.93. The molecule has 1 aliphatic heterocycles. The molecule has 1 aromatic carbocycles. The van der Waals surface area contributed by atoms with Crippen molar-refractivity contribution < 1.29 is 63.3 Å². The van der Waals surface area contributed by atoms with E-state index in [2.05, 4.69) is 10.6 Å². The number of aliphatic hydroxyl groups is 3. The van der Waals surface area contributed by atoms with E-state index in [9.17, 15) is 44.4 Å². The summed E-state index contributed by atoms with van der Waals surface area (Å²) < 4.78 is 21.5. The summed E-state index contributed by atoms with van der Waals surface area (Å²) in [7, 11) is 0. The van der Waals surface area contributed by atoms with Crippen LogP contribution in [0, 0.1) is 10.8 Å². The van der Waals surface area contributed by atoms with Crippen molar-refractivity contribution in [2.75, 3.05) is 25.1 Å². The van der Waals surface area contributed by atoms with Gasteiger partial charge < -0.3 is 50.0 Å². The molecule has 0 radical (unpaired) electrons. The number of Topliss-reactive ketones (excluding diaryl/α,β-unsaturated/α-hetero) is 1. The molecule has 1 aliphatic rings. The summed E-state index contributed by atoms with van der Waals surface area (Å²) in [6, 6.07) is 4.28. The lowest BCUT2D eigenvalue weighted by molar-refractivity contribution is -0.271. The van der Waals surface area contributed by atoms with Crippen LogP contribution >= 0.6 is 0 Å². The zero-order valence-corrected chi connectivity index (χ0v) is 27.0. The smallest absolute Gasteiger partial charge is 0.335 e. The van der Waals surface area contributed by atoms with Gasteiger partial charge in [-0.3, -0.25) is 19.2 Å². The minimum absolute atomic E-state index is 0.0267. The first kappa shape index (κ1) is 38.6. The molecule has 6 N–H and O–H groups in total. The number of ether oxygens (including phenoxy) is 4. The number of carboxylic acids is 1. The Kier molecular flexibility index (Phi) is 14.1. The number of esters is 1. The fourth-order valence-electron chi connectivity index (χ4n) is 3.93. The van der Waals surface area contributed by atoms with E-state index in [0.717, 1.165) is 0 Å². The third-order valence-corrected chi connectivity index (χ3v) is 6.81. The first-order chi connectivity index (χ1) is 21.3. The number of aliphatic hydroxyl groups excluding tert-OH is 3. The summed E-state index contributed by atoms with van der Waals surface area (Å²) in [6.07, 6.45) is -9.22. The number of nitrogens with one attached hydrogen (secondary N) is 2. The highest BCUT2D eigenvalue weighted by molar-refractivity contribution is 5.93. The molecule has 0 spiro atoms. The predicted molar refractivity (Wildman–Crippen MR) is 161 cm³/mol. The first-order valence-corrected chi connectivity index (χ1v) is 14.9. The highest BCUT2D eigenvalue weighted by Gasteiger charge is 2.48. The van der Waals surface area contributed by atoms with E-state index in [1.165, 1.54) is 18.2 Å². The zero-order chi connectivity index (χ0) is 34.8. The Balaban J connectivity index is 2.03. The number of hydrogen-bond donors (Lipinski definition) is 6. The molecule has 1 heterocycles. The number of rotatable bonds is 15. The number of benzene rings is 1. The van der Waals surface area contributed by atoms with E-state index in [4.69, 9.17) is 18.9 Å². The van der Waals surface area contributed by atoms with Crippen LogP contribution in [0.2, 0.25) is 0 Å². The molecule has 5 atom stereocenters. The van der Waals surface area contributed by atoms with E-state index >= 15 is 0 Å². The summed E-state index contributed by atoms with van der Waals surface area (Å²) in [5.41, 5.74) is -0.749. The molecule has 2 amide bonds. The molecule has 1 aromatic rings. The molecule has 15 nitrogen and oxygen atoms in total. The highest BCUT2D eigenvalue weighted by atomic mass is 16.7. The van der Waals surface area contributed by atoms with Gasteiger partial charge in [-0.1, -0.05) is 26.8 Å². The predicted octanol–water partition coefficient (Wildman–Crippen LogP) is 0.904. The minimum Gasteiger partial charge on any atom is -0.479 e. The van der Waals surface area contributed by atoms with Crippen LogP contribution in [0.3, 0.4) is 0 Å². The van der Waals surface area contributed by atoms with Crippen LogP contribution < -0.4 is 15.4 Å². The van der Waals surface area contributed by atoms with E-state index < -0.39 is 59.4 Å². The maximum absolute atomic E-state index is 12.8. The van der Waals surface area contributed by atoms with Crippen molar-refractivity contribution in [1.82, 2.24) is 5.32 Å². The molecule has 0 saturated carbocycles. The van der Waals surface area contributed by atoms with Crippen LogP contribution in [0.1, 0.15) is 66.4 Å². The Morgan fingerprint density at radius 3 is 2.11 bits per heavy atom. The molecule has 0 bridgehead atoms. The number of carbonyl (C=O) groups excluding carboxylic acids is 4. The van der Waals surface area contributed by atoms with Gasteiger partial charge in [0.1, 0.15) is 36.5 Å². The molecule has 46 heavy (non-hydrogen) atoms. The third-order valence-electron chi connectivity index (χ3n) is 6.81. The van der Waals surface area contributed by atoms with Gasteiger partial charge in [0, 0.05) is 31.2 Å². The molecule has 258 valence electrons. The van der Waals surface area contributed by atoms with Gasteiger partial charge in [-0.2, -0.15) is 0 Å². The third kappa shape index (κ3) is 11.9. The van der Waals surface area contributed by atoms with Crippen LogP contribution in [-0.4, -0.2) is 100 Å². The average molecular weight is 655 g/mol. The largest absolute Gasteiger partial charge is 0.479 e. The van der Waals surface area contributed by atoms with Crippen molar-refractivity contribution in [3.8, 4) is 5.75 Å². The lowest BCUT2D eigenvalue weighted by Crippen LogP contribution is -2.61. The molecule has 0 aliphatic carbocycles. The summed E-state index contributed by atoms with van der Waals surface area (Å²) >= 11 is 0. The van der Waals surface area contributed by atoms with Gasteiger partial charge in [0.25, 0.3) is 0 Å². The van der Waals surface area contributed by atoms with Crippen LogP contribution in [0.15, 0.2) is 18.2 Å². The monoisotopic (exact) mass is 654 g/mol. The summed E-state index contributed by atoms with van der Waals surface area (Å²) in [6.45, 7) is 10.6. The molecule has 15 heteroatoms. The van der Waals surface area contributed by atoms with Crippen molar-refractivity contribution in [3.05, 3.63) is 23.8 Å². The number of aliphatic carboxylic acids is 1. The zero-order valence-electron chi connectivity index (χ0n) is 27.0. The highest BCUT2D eigenvalue weighted by Crippen LogP contribution is 2.31. The summed E-state index contributed by atoms with van der Waals surface area (Å²) in [4.78, 5) is 60.6. The number of anilines is 1. The average Bonchev–Trinajstić information content (AvgIpc) is 2.95. The number of amides is 2. The number of carboxylic acid groups (broad SMARTS) is 1. The quantitative estimate of drug-likeness (QED) is 0.114. The second-order valence-corrected chi connectivity index (χ2v) is 12.9. The number of carbonyl (C=O) groups is 5. The SMILES string of the molecule is CC(C)(C)C(=O)CCOCCC(=O)NCCC(=O)Nc1cc(COC(=O)C(C)(C)C)ccc1O[C@@H]1O[C@H](C(=O)O)[C@@H](O)[C@H](O)[C@H]1O. The van der Waals surface area contributed by atoms with Gasteiger partial charge in [0.2, 0.25) is 18.1 Å². The Morgan fingerprint density at radius 2 is 1.50 bits per heavy atom. The van der Waals surface area contributed by atoms with Gasteiger partial charge in [-0.05, 0) is 38.5 Å². The first-order valence-electron chi connectivity index (χ1n) is 14.9. The van der Waals surface area contributed by atoms with Crippen molar-refractivity contribution in [3.63, 3.8) is 0 Å². The number of hydrogen-bond acceptors (Lipinski definition) is 12. The maximum Gasteiger partial charge on any atom is 0.335 e. The van der Waals surface area contributed by atoms with E-state index in [-0.39, 0.29) is 68.8 Å². The molecule has 1 fully saturated rings. The second-order valence-electron chi connectivity index (χ2n) is 12.9. The van der Waals surface area contributed by atoms with Crippen LogP contribution in [0.4, 0.5) is 5.69 Å². The minimum atomic E-state index is -1.93. The van der Waals surface area contributed by atoms with Gasteiger partial charge in [-0.15, -0.1) is 0 Å². The van der Waals surface area contributed by atoms with Crippen LogP contribution in [0.25, 0.3) is 0 Å². The van der Waals surface area contributed by atoms with Crippen LogP contribution in [-0.2, 0) is 44.8 Å². The van der Waals surface area contributed by atoms with Crippen LogP contribution in [0.5, 0.6) is 5.75 Å². The molecule has 0 aromatic heterocycles. The second kappa shape index (κ2) is 16.8.